The molecular formula is C23H21F3N2O4. The number of rotatable bonds is 5. The third-order valence-electron chi connectivity index (χ3n) is 5.62. The number of halogens is 3. The summed E-state index contributed by atoms with van der Waals surface area (Å²) >= 11 is 0. The van der Waals surface area contributed by atoms with E-state index in [1.54, 1.807) is 4.57 Å². The van der Waals surface area contributed by atoms with Crippen molar-refractivity contribution in [1.82, 2.24) is 9.88 Å². The Morgan fingerprint density at radius 2 is 1.91 bits per heavy atom. The lowest BCUT2D eigenvalue weighted by molar-refractivity contribution is -0.138. The van der Waals surface area contributed by atoms with Crippen LogP contribution < -0.4 is 5.32 Å². The van der Waals surface area contributed by atoms with E-state index in [0.717, 1.165) is 17.7 Å². The van der Waals surface area contributed by atoms with Gasteiger partial charge >= 0.3 is 18.2 Å². The van der Waals surface area contributed by atoms with Gasteiger partial charge in [-0.15, -0.1) is 0 Å². The van der Waals surface area contributed by atoms with Gasteiger partial charge in [-0.3, -0.25) is 4.79 Å². The van der Waals surface area contributed by atoms with E-state index in [-0.39, 0.29) is 19.2 Å². The molecule has 6 nitrogen and oxygen atoms in total. The van der Waals surface area contributed by atoms with Gasteiger partial charge in [0, 0.05) is 22.6 Å². The second kappa shape index (κ2) is 8.57. The fourth-order valence-corrected chi connectivity index (χ4v) is 4.20. The number of carbonyl (C=O) groups is 2. The first-order chi connectivity index (χ1) is 15.2. The van der Waals surface area contributed by atoms with Gasteiger partial charge in [0.15, 0.2) is 0 Å². The van der Waals surface area contributed by atoms with Gasteiger partial charge in [-0.2, -0.15) is 13.2 Å². The maximum absolute atomic E-state index is 13.3. The largest absolute Gasteiger partial charge is 0.480 e. The van der Waals surface area contributed by atoms with Crippen LogP contribution in [0.1, 0.15) is 28.8 Å². The number of fused-ring (bicyclic) bond motifs is 3. The fraction of sp³-hybridized carbons (Fsp3) is 0.304. The number of aliphatic carboxylic acids is 1. The number of carboxylic acid groups (broad SMARTS) is 1. The quantitative estimate of drug-likeness (QED) is 0.604. The molecule has 0 spiro atoms. The van der Waals surface area contributed by atoms with E-state index < -0.39 is 23.8 Å². The number of alkyl halides is 3. The molecule has 1 heterocycles. The van der Waals surface area contributed by atoms with E-state index in [9.17, 15) is 27.9 Å². The minimum Gasteiger partial charge on any atom is -0.480 e. The summed E-state index contributed by atoms with van der Waals surface area (Å²) in [4.78, 5) is 23.6. The van der Waals surface area contributed by atoms with E-state index in [4.69, 9.17) is 4.74 Å². The van der Waals surface area contributed by atoms with Crippen molar-refractivity contribution in [3.05, 3.63) is 70.9 Å². The minimum atomic E-state index is -4.51. The number of hydrogen-bond donors (Lipinski definition) is 2. The molecule has 1 aliphatic carbocycles. The number of nitrogens with zero attached hydrogens (tertiary/aromatic N) is 1. The highest BCUT2D eigenvalue weighted by Crippen LogP contribution is 2.37. The molecule has 0 bridgehead atoms. The number of aromatic nitrogens is 1. The Labute approximate surface area is 181 Å². The van der Waals surface area contributed by atoms with Gasteiger partial charge in [0.05, 0.1) is 5.56 Å². The molecule has 3 aromatic rings. The van der Waals surface area contributed by atoms with Crippen LogP contribution >= 0.6 is 0 Å². The summed E-state index contributed by atoms with van der Waals surface area (Å²) in [7, 11) is 0. The molecule has 0 radical (unpaired) electrons. The summed E-state index contributed by atoms with van der Waals surface area (Å²) in [5.41, 5.74) is 1.81. The van der Waals surface area contributed by atoms with Crippen molar-refractivity contribution in [2.75, 3.05) is 0 Å². The molecular weight excluding hydrogens is 425 g/mol. The van der Waals surface area contributed by atoms with Crippen LogP contribution in [0.2, 0.25) is 0 Å². The third kappa shape index (κ3) is 4.56. The molecule has 0 saturated heterocycles. The average Bonchev–Trinajstić information content (AvgIpc) is 3.04. The number of carboxylic acids is 1. The van der Waals surface area contributed by atoms with Crippen LogP contribution in [0.4, 0.5) is 18.0 Å². The first-order valence-corrected chi connectivity index (χ1v) is 10.1. The molecule has 4 rings (SSSR count). The lowest BCUT2D eigenvalue weighted by atomic mass is 9.91. The van der Waals surface area contributed by atoms with Crippen molar-refractivity contribution < 1.29 is 32.6 Å². The van der Waals surface area contributed by atoms with Crippen molar-refractivity contribution in [2.24, 2.45) is 0 Å². The highest BCUT2D eigenvalue weighted by atomic mass is 19.4. The summed E-state index contributed by atoms with van der Waals surface area (Å²) in [5, 5.41) is 12.4. The Bertz CT molecular complexity index is 1160. The Balaban J connectivity index is 1.56. The summed E-state index contributed by atoms with van der Waals surface area (Å²) in [5.74, 6) is -1.07. The monoisotopic (exact) mass is 446 g/mol. The number of amides is 1. The van der Waals surface area contributed by atoms with Crippen molar-refractivity contribution >= 4 is 23.0 Å². The van der Waals surface area contributed by atoms with Crippen molar-refractivity contribution in [3.8, 4) is 0 Å². The molecule has 9 heteroatoms. The molecule has 1 atom stereocenters. The van der Waals surface area contributed by atoms with Gasteiger partial charge in [0.25, 0.3) is 0 Å². The number of carbonyl (C=O) groups excluding carboxylic acids is 1. The molecule has 1 aliphatic rings. The number of alkyl carbamates (subject to hydrolysis) is 1. The second-order valence-electron chi connectivity index (χ2n) is 7.78. The number of nitrogens with one attached hydrogen (secondary N) is 1. The second-order valence-corrected chi connectivity index (χ2v) is 7.78. The summed E-state index contributed by atoms with van der Waals surface area (Å²) < 4.78 is 46.6. The van der Waals surface area contributed by atoms with Gasteiger partial charge in [0.1, 0.15) is 13.2 Å². The number of benzene rings is 2. The Hall–Kier alpha value is -3.49. The molecule has 2 N–H and O–H groups in total. The first kappa shape index (κ1) is 21.7. The molecule has 0 unspecified atom stereocenters. The fourth-order valence-electron chi connectivity index (χ4n) is 4.20. The van der Waals surface area contributed by atoms with Crippen LogP contribution in [-0.2, 0) is 41.7 Å². The summed E-state index contributed by atoms with van der Waals surface area (Å²) in [6.45, 7) is -0.230. The molecule has 0 aliphatic heterocycles. The highest BCUT2D eigenvalue weighted by molar-refractivity contribution is 5.88. The molecule has 0 saturated carbocycles. The van der Waals surface area contributed by atoms with E-state index in [1.165, 1.54) is 6.07 Å². The number of ether oxygens (including phenoxy) is 1. The predicted octanol–water partition coefficient (Wildman–Crippen LogP) is 4.53. The van der Waals surface area contributed by atoms with Crippen LogP contribution in [-0.4, -0.2) is 27.8 Å². The Morgan fingerprint density at radius 3 is 2.59 bits per heavy atom. The Morgan fingerprint density at radius 1 is 1.16 bits per heavy atom. The maximum atomic E-state index is 13.3. The van der Waals surface area contributed by atoms with Gasteiger partial charge in [0.2, 0.25) is 0 Å². The van der Waals surface area contributed by atoms with E-state index in [2.05, 4.69) is 5.32 Å². The molecule has 1 aromatic heterocycles. The topological polar surface area (TPSA) is 80.6 Å². The molecule has 168 valence electrons. The van der Waals surface area contributed by atoms with Crippen LogP contribution in [0.5, 0.6) is 0 Å². The third-order valence-corrected chi connectivity index (χ3v) is 5.62. The van der Waals surface area contributed by atoms with E-state index in [0.29, 0.717) is 41.4 Å². The summed E-state index contributed by atoms with van der Waals surface area (Å²) in [6, 6.07) is 12.2. The highest BCUT2D eigenvalue weighted by Gasteiger charge is 2.33. The molecule has 32 heavy (non-hydrogen) atoms. The van der Waals surface area contributed by atoms with Crippen LogP contribution in [0.15, 0.2) is 48.5 Å². The zero-order chi connectivity index (χ0) is 22.9. The molecule has 0 fully saturated rings. The Kier molecular flexibility index (Phi) is 5.82. The van der Waals surface area contributed by atoms with Crippen LogP contribution in [0.3, 0.4) is 0 Å². The lowest BCUT2D eigenvalue weighted by Crippen LogP contribution is -2.39. The van der Waals surface area contributed by atoms with Gasteiger partial charge < -0.3 is 19.7 Å². The first-order valence-electron chi connectivity index (χ1n) is 10.1. The van der Waals surface area contributed by atoms with Crippen LogP contribution in [0.25, 0.3) is 10.9 Å². The molecule has 1 amide bonds. The maximum Gasteiger partial charge on any atom is 0.416 e. The number of hydrogen-bond acceptors (Lipinski definition) is 3. The van der Waals surface area contributed by atoms with Gasteiger partial charge in [-0.25, -0.2) is 4.79 Å². The van der Waals surface area contributed by atoms with E-state index >= 15 is 0 Å². The summed E-state index contributed by atoms with van der Waals surface area (Å²) in [6.07, 6.45) is -3.87. The average molecular weight is 446 g/mol. The van der Waals surface area contributed by atoms with Crippen molar-refractivity contribution in [3.63, 3.8) is 0 Å². The zero-order valence-electron chi connectivity index (χ0n) is 17.0. The SMILES string of the molecule is O=C(O)Cn1c2c(c3cc(C(F)(F)F)ccc31)C[C@@H](NC(=O)OCc1ccccc1)CC2. The van der Waals surface area contributed by atoms with E-state index in [1.807, 2.05) is 30.3 Å². The normalized spacial score (nSPS) is 15.9. The lowest BCUT2D eigenvalue weighted by Gasteiger charge is -2.24. The standard InChI is InChI=1S/C23H21F3N2O4/c24-23(25,26)15-6-8-19-17(10-15)18-11-16(7-9-20(18)28(19)12-21(29)30)27-22(31)32-13-14-4-2-1-3-5-14/h1-6,8,10,16H,7,9,11-13H2,(H,27,31)(H,29,30)/t16-/m0/s1. The predicted molar refractivity (Wildman–Crippen MR) is 110 cm³/mol. The zero-order valence-corrected chi connectivity index (χ0v) is 17.0. The smallest absolute Gasteiger partial charge is 0.416 e. The van der Waals surface area contributed by atoms with Crippen molar-refractivity contribution in [1.29, 1.82) is 0 Å². The minimum absolute atomic E-state index is 0.109. The van der Waals surface area contributed by atoms with Crippen LogP contribution in [0, 0.1) is 0 Å². The molecule has 2 aromatic carbocycles. The van der Waals surface area contributed by atoms with Gasteiger partial charge in [-0.1, -0.05) is 30.3 Å². The van der Waals surface area contributed by atoms with Gasteiger partial charge in [-0.05, 0) is 48.6 Å². The van der Waals surface area contributed by atoms with Crippen molar-refractivity contribution in [2.45, 2.75) is 44.6 Å².